The smallest absolute Gasteiger partial charge is 0.299 e. The molecule has 0 fully saturated rings. The van der Waals surface area contributed by atoms with Crippen molar-refractivity contribution in [3.8, 4) is 5.75 Å². The van der Waals surface area contributed by atoms with Crippen molar-refractivity contribution in [2.45, 2.75) is 6.54 Å². The fourth-order valence-corrected chi connectivity index (χ4v) is 2.26. The predicted molar refractivity (Wildman–Crippen MR) is 74.3 cm³/mol. The van der Waals surface area contributed by atoms with Gasteiger partial charge in [0, 0.05) is 5.56 Å². The van der Waals surface area contributed by atoms with Crippen molar-refractivity contribution in [3.63, 3.8) is 0 Å². The lowest BCUT2D eigenvalue weighted by atomic mass is 10.1. The Bertz CT molecular complexity index is 728. The molecule has 3 rings (SSSR count). The van der Waals surface area contributed by atoms with Crippen molar-refractivity contribution in [1.82, 2.24) is 5.43 Å². The van der Waals surface area contributed by atoms with Gasteiger partial charge in [-0.15, -0.1) is 0 Å². The van der Waals surface area contributed by atoms with Gasteiger partial charge in [-0.25, -0.2) is 0 Å². The molecule has 21 heavy (non-hydrogen) atoms. The number of amidine groups is 1. The standard InChI is InChI=1S/C15H13N3O2.BrH/c16-14-11-6-2-1-5-10(11)9-18(14)17-15(20)12-7-3-4-8-13(12)19;/h1-8,16H,9H2,(H2,17,19,20);1H. The molecule has 0 radical (unpaired) electrons. The van der Waals surface area contributed by atoms with Gasteiger partial charge in [-0.1, -0.05) is 30.3 Å². The third-order valence-corrected chi connectivity index (χ3v) is 3.30. The summed E-state index contributed by atoms with van der Waals surface area (Å²) in [7, 11) is 0. The quantitative estimate of drug-likeness (QED) is 0.548. The van der Waals surface area contributed by atoms with E-state index in [0.717, 1.165) is 11.1 Å². The van der Waals surface area contributed by atoms with E-state index in [1.807, 2.05) is 24.3 Å². The van der Waals surface area contributed by atoms with Crippen LogP contribution in [-0.4, -0.2) is 21.5 Å². The summed E-state index contributed by atoms with van der Waals surface area (Å²) in [4.78, 5) is 12.1. The number of nitrogens with zero attached hydrogens (tertiary/aromatic N) is 1. The van der Waals surface area contributed by atoms with E-state index in [2.05, 4.69) is 5.43 Å². The lowest BCUT2D eigenvalue weighted by molar-refractivity contribution is -0.584. The Morgan fingerprint density at radius 2 is 1.81 bits per heavy atom. The van der Waals surface area contributed by atoms with Crippen molar-refractivity contribution in [1.29, 1.82) is 0 Å². The van der Waals surface area contributed by atoms with E-state index < -0.39 is 0 Å². The molecule has 4 N–H and O–H groups in total. The summed E-state index contributed by atoms with van der Waals surface area (Å²) < 4.78 is 1.58. The Balaban J connectivity index is 0.00000161. The maximum atomic E-state index is 12.1. The number of phenolic OH excluding ortho intramolecular Hbond substituents is 1. The number of carbonyl (C=O) groups is 1. The molecule has 1 aliphatic rings. The van der Waals surface area contributed by atoms with Crippen LogP contribution in [0.15, 0.2) is 48.5 Å². The number of amides is 1. The molecule has 0 unspecified atom stereocenters. The minimum absolute atomic E-state index is 0. The molecule has 2 aromatic carbocycles. The molecule has 0 atom stereocenters. The van der Waals surface area contributed by atoms with E-state index in [1.54, 1.807) is 22.9 Å². The molecule has 0 aromatic heterocycles. The summed E-state index contributed by atoms with van der Waals surface area (Å²) in [5, 5.41) is 9.68. The second kappa shape index (κ2) is 5.97. The van der Waals surface area contributed by atoms with E-state index in [4.69, 9.17) is 5.73 Å². The summed E-state index contributed by atoms with van der Waals surface area (Å²) >= 11 is 0. The van der Waals surface area contributed by atoms with E-state index in [9.17, 15) is 9.90 Å². The summed E-state index contributed by atoms with van der Waals surface area (Å²) in [6.07, 6.45) is 0. The number of rotatable bonds is 2. The van der Waals surface area contributed by atoms with E-state index in [0.29, 0.717) is 12.4 Å². The highest BCUT2D eigenvalue weighted by molar-refractivity contribution is 5.99. The second-order valence-electron chi connectivity index (χ2n) is 4.59. The molecule has 1 heterocycles. The maximum absolute atomic E-state index is 12.1. The van der Waals surface area contributed by atoms with Crippen LogP contribution < -0.4 is 28.1 Å². The highest BCUT2D eigenvalue weighted by Crippen LogP contribution is 2.17. The number of fused-ring (bicyclic) bond motifs is 1. The predicted octanol–water partition coefficient (Wildman–Crippen LogP) is -2.03. The first-order chi connectivity index (χ1) is 9.66. The van der Waals surface area contributed by atoms with Gasteiger partial charge in [0.05, 0.1) is 11.1 Å². The van der Waals surface area contributed by atoms with Crippen LogP contribution in [0.25, 0.3) is 0 Å². The van der Waals surface area contributed by atoms with Gasteiger partial charge in [-0.3, -0.25) is 10.5 Å². The lowest BCUT2D eigenvalue weighted by Gasteiger charge is -2.06. The van der Waals surface area contributed by atoms with Crippen LogP contribution in [0.5, 0.6) is 5.75 Å². The van der Waals surface area contributed by atoms with Crippen LogP contribution in [0.4, 0.5) is 0 Å². The molecule has 0 saturated heterocycles. The molecule has 2 aromatic rings. The zero-order valence-corrected chi connectivity index (χ0v) is 12.7. The van der Waals surface area contributed by atoms with Crippen LogP contribution >= 0.6 is 0 Å². The van der Waals surface area contributed by atoms with Gasteiger partial charge < -0.3 is 22.1 Å². The second-order valence-corrected chi connectivity index (χ2v) is 4.59. The highest BCUT2D eigenvalue weighted by atomic mass is 79.9. The fourth-order valence-electron chi connectivity index (χ4n) is 2.26. The van der Waals surface area contributed by atoms with Crippen LogP contribution in [0.1, 0.15) is 21.5 Å². The minimum Gasteiger partial charge on any atom is -1.00 e. The number of aromatic hydroxyl groups is 1. The van der Waals surface area contributed by atoms with Crippen LogP contribution in [0.2, 0.25) is 0 Å². The van der Waals surface area contributed by atoms with Gasteiger partial charge in [-0.05, 0) is 18.2 Å². The van der Waals surface area contributed by atoms with Crippen LogP contribution in [-0.2, 0) is 6.54 Å². The Labute approximate surface area is 132 Å². The topological polar surface area (TPSA) is 78.4 Å². The van der Waals surface area contributed by atoms with Crippen LogP contribution in [0, 0.1) is 0 Å². The van der Waals surface area contributed by atoms with Crippen LogP contribution in [0.3, 0.4) is 0 Å². The molecule has 6 heteroatoms. The van der Waals surface area contributed by atoms with Gasteiger partial charge >= 0.3 is 0 Å². The molecule has 0 bridgehead atoms. The molecule has 0 spiro atoms. The lowest BCUT2D eigenvalue weighted by Crippen LogP contribution is -3.00. The fraction of sp³-hybridized carbons (Fsp3) is 0.0667. The number of carbonyl (C=O) groups excluding carboxylic acids is 1. The van der Waals surface area contributed by atoms with Crippen molar-refractivity contribution in [2.75, 3.05) is 0 Å². The van der Waals surface area contributed by atoms with Crippen molar-refractivity contribution in [3.05, 3.63) is 65.2 Å². The Morgan fingerprint density at radius 3 is 2.52 bits per heavy atom. The largest absolute Gasteiger partial charge is 1.00 e. The average molecular weight is 348 g/mol. The van der Waals surface area contributed by atoms with Gasteiger partial charge in [0.2, 0.25) is 0 Å². The number of hydrogen-bond acceptors (Lipinski definition) is 3. The number of phenols is 1. The first-order valence-electron chi connectivity index (χ1n) is 6.24. The number of benzene rings is 2. The molecule has 5 nitrogen and oxygen atoms in total. The molecular weight excluding hydrogens is 334 g/mol. The van der Waals surface area contributed by atoms with Gasteiger partial charge in [0.25, 0.3) is 11.7 Å². The van der Waals surface area contributed by atoms with Crippen molar-refractivity contribution < 1.29 is 31.6 Å². The number of nitrogens with two attached hydrogens (primary N) is 1. The van der Waals surface area contributed by atoms with Gasteiger partial charge in [0.15, 0.2) is 0 Å². The van der Waals surface area contributed by atoms with Crippen molar-refractivity contribution in [2.24, 2.45) is 5.73 Å². The summed E-state index contributed by atoms with van der Waals surface area (Å²) in [5.74, 6) is 0.0588. The molecular formula is C15H14BrN3O2. The Hall–Kier alpha value is -2.34. The van der Waals surface area contributed by atoms with Gasteiger partial charge in [0.1, 0.15) is 12.3 Å². The van der Waals surface area contributed by atoms with Crippen molar-refractivity contribution >= 4 is 11.7 Å². The number of para-hydroxylation sites is 1. The zero-order valence-electron chi connectivity index (χ0n) is 11.1. The average Bonchev–Trinajstić information content (AvgIpc) is 2.76. The number of hydrogen-bond donors (Lipinski definition) is 3. The summed E-state index contributed by atoms with van der Waals surface area (Å²) in [5.41, 5.74) is 10.9. The summed E-state index contributed by atoms with van der Waals surface area (Å²) in [6, 6.07) is 14.1. The SMILES string of the molecule is NC1=[N+](NC(=O)c2ccccc2O)Cc2ccccc21.[Br-]. The zero-order chi connectivity index (χ0) is 14.1. The number of hydrazine groups is 1. The molecule has 108 valence electrons. The molecule has 1 aliphatic heterocycles. The molecule has 1 amide bonds. The third kappa shape index (κ3) is 2.75. The Kier molecular flexibility index (Phi) is 4.28. The monoisotopic (exact) mass is 347 g/mol. The highest BCUT2D eigenvalue weighted by Gasteiger charge is 2.26. The van der Waals surface area contributed by atoms with E-state index >= 15 is 0 Å². The molecule has 0 aliphatic carbocycles. The third-order valence-electron chi connectivity index (χ3n) is 3.30. The Morgan fingerprint density at radius 1 is 1.14 bits per heavy atom. The number of hydrazone groups is 1. The first-order valence-corrected chi connectivity index (χ1v) is 6.24. The number of halogens is 1. The van der Waals surface area contributed by atoms with E-state index in [-0.39, 0.29) is 34.2 Å². The molecule has 0 saturated carbocycles. The maximum Gasteiger partial charge on any atom is 0.299 e. The summed E-state index contributed by atoms with van der Waals surface area (Å²) in [6.45, 7) is 0.515. The minimum atomic E-state index is -0.390. The normalized spacial score (nSPS) is 12.6. The van der Waals surface area contributed by atoms with E-state index in [1.165, 1.54) is 6.07 Å². The van der Waals surface area contributed by atoms with Gasteiger partial charge in [-0.2, -0.15) is 10.1 Å². The first kappa shape index (κ1) is 15.1. The number of nitrogens with one attached hydrogen (secondary N) is 1.